The Bertz CT molecular complexity index is 706. The van der Waals surface area contributed by atoms with Crippen LogP contribution >= 0.6 is 0 Å². The summed E-state index contributed by atoms with van der Waals surface area (Å²) in [6, 6.07) is 13.1. The van der Waals surface area contributed by atoms with Gasteiger partial charge in [0.15, 0.2) is 0 Å². The summed E-state index contributed by atoms with van der Waals surface area (Å²) in [7, 11) is 1.68. The molecule has 1 heterocycles. The van der Waals surface area contributed by atoms with E-state index < -0.39 is 0 Å². The molecule has 128 valence electrons. The highest BCUT2D eigenvalue weighted by Gasteiger charge is 2.57. The van der Waals surface area contributed by atoms with Crippen LogP contribution in [0.1, 0.15) is 43.5 Å². The highest BCUT2D eigenvalue weighted by atomic mass is 16.5. The van der Waals surface area contributed by atoms with Crippen molar-refractivity contribution >= 4 is 5.69 Å². The molecular weight excluding hydrogens is 296 g/mol. The van der Waals surface area contributed by atoms with Crippen molar-refractivity contribution in [2.24, 2.45) is 11.3 Å². The van der Waals surface area contributed by atoms with Crippen molar-refractivity contribution in [2.75, 3.05) is 19.0 Å². The quantitative estimate of drug-likeness (QED) is 0.828. The van der Waals surface area contributed by atoms with Crippen molar-refractivity contribution in [3.63, 3.8) is 0 Å². The average Bonchev–Trinajstić information content (AvgIpc) is 3.14. The van der Waals surface area contributed by atoms with E-state index in [0.717, 1.165) is 24.3 Å². The van der Waals surface area contributed by atoms with Gasteiger partial charge < -0.3 is 10.1 Å². The molecule has 1 aromatic carbocycles. The molecular formula is C21H28N2O. The van der Waals surface area contributed by atoms with Crippen LogP contribution in [0.4, 0.5) is 5.69 Å². The lowest BCUT2D eigenvalue weighted by Gasteiger charge is -2.12. The molecule has 2 atom stereocenters. The van der Waals surface area contributed by atoms with Crippen molar-refractivity contribution in [1.29, 1.82) is 0 Å². The number of methoxy groups -OCH3 is 1. The number of nitrogens with one attached hydrogen (secondary N) is 1. The molecule has 0 amide bonds. The lowest BCUT2D eigenvalue weighted by molar-refractivity contribution is 0.398. The Morgan fingerprint density at radius 3 is 2.46 bits per heavy atom. The maximum atomic E-state index is 5.44. The molecule has 0 saturated heterocycles. The largest absolute Gasteiger partial charge is 0.480 e. The number of hydrogen-bond donors (Lipinski definition) is 1. The molecule has 3 nitrogen and oxygen atoms in total. The van der Waals surface area contributed by atoms with Crippen LogP contribution in [0.5, 0.6) is 5.88 Å². The van der Waals surface area contributed by atoms with Crippen molar-refractivity contribution in [2.45, 2.75) is 40.0 Å². The first kappa shape index (κ1) is 16.8. The Morgan fingerprint density at radius 1 is 1.12 bits per heavy atom. The van der Waals surface area contributed by atoms with E-state index in [1.165, 1.54) is 11.1 Å². The van der Waals surface area contributed by atoms with Crippen molar-refractivity contribution < 1.29 is 4.74 Å². The van der Waals surface area contributed by atoms with Gasteiger partial charge in [-0.15, -0.1) is 0 Å². The minimum absolute atomic E-state index is 0.326. The predicted molar refractivity (Wildman–Crippen MR) is 99.8 cm³/mol. The Kier molecular flexibility index (Phi) is 4.53. The average molecular weight is 324 g/mol. The van der Waals surface area contributed by atoms with Gasteiger partial charge in [-0.3, -0.25) is 0 Å². The number of ether oxygens (including phenoxy) is 1. The van der Waals surface area contributed by atoms with Gasteiger partial charge in [-0.05, 0) is 48.3 Å². The Labute approximate surface area is 145 Å². The zero-order chi connectivity index (χ0) is 17.3. The van der Waals surface area contributed by atoms with Crippen LogP contribution in [-0.4, -0.2) is 18.6 Å². The fraction of sp³-hybridized carbons (Fsp3) is 0.476. The highest BCUT2D eigenvalue weighted by molar-refractivity contribution is 5.53. The van der Waals surface area contributed by atoms with E-state index in [-0.39, 0.29) is 0 Å². The van der Waals surface area contributed by atoms with E-state index in [1.54, 1.807) is 7.11 Å². The number of aryl methyl sites for hydroxylation is 2. The first-order valence-corrected chi connectivity index (χ1v) is 8.81. The van der Waals surface area contributed by atoms with E-state index in [0.29, 0.717) is 23.1 Å². The second-order valence-electron chi connectivity index (χ2n) is 7.41. The maximum absolute atomic E-state index is 5.44. The second kappa shape index (κ2) is 6.46. The van der Waals surface area contributed by atoms with E-state index in [1.807, 2.05) is 0 Å². The number of benzene rings is 1. The van der Waals surface area contributed by atoms with Crippen LogP contribution in [0.25, 0.3) is 0 Å². The van der Waals surface area contributed by atoms with Gasteiger partial charge in [0, 0.05) is 12.2 Å². The zero-order valence-corrected chi connectivity index (χ0v) is 15.4. The van der Waals surface area contributed by atoms with Crippen molar-refractivity contribution in [3.8, 4) is 5.88 Å². The number of pyridine rings is 1. The summed E-state index contributed by atoms with van der Waals surface area (Å²) in [6.45, 7) is 9.90. The van der Waals surface area contributed by atoms with E-state index in [4.69, 9.17) is 4.74 Å². The highest BCUT2D eigenvalue weighted by Crippen LogP contribution is 2.64. The fourth-order valence-electron chi connectivity index (χ4n) is 3.75. The maximum Gasteiger partial charge on any atom is 0.237 e. The van der Waals surface area contributed by atoms with E-state index >= 15 is 0 Å². The molecule has 1 saturated carbocycles. The lowest BCUT2D eigenvalue weighted by atomic mass is 10.0. The molecule has 24 heavy (non-hydrogen) atoms. The molecule has 0 aliphatic heterocycles. The second-order valence-corrected chi connectivity index (χ2v) is 7.41. The SMILES string of the molecule is CCc1ccc(NCC2C(c3ccc(C)cc3)C2(C)C)c(OC)n1. The molecule has 0 radical (unpaired) electrons. The molecule has 2 unspecified atom stereocenters. The molecule has 1 N–H and O–H groups in total. The molecule has 1 aliphatic rings. The molecule has 1 aromatic heterocycles. The van der Waals surface area contributed by atoms with Gasteiger partial charge in [-0.1, -0.05) is 50.6 Å². The first-order valence-electron chi connectivity index (χ1n) is 8.81. The summed E-state index contributed by atoms with van der Waals surface area (Å²) in [4.78, 5) is 4.55. The molecule has 3 heteroatoms. The van der Waals surface area contributed by atoms with E-state index in [9.17, 15) is 0 Å². The zero-order valence-electron chi connectivity index (χ0n) is 15.4. The van der Waals surface area contributed by atoms with Crippen LogP contribution in [-0.2, 0) is 6.42 Å². The summed E-state index contributed by atoms with van der Waals surface area (Å²) < 4.78 is 5.44. The Hall–Kier alpha value is -2.03. The summed E-state index contributed by atoms with van der Waals surface area (Å²) in [5.41, 5.74) is 5.14. The lowest BCUT2D eigenvalue weighted by Crippen LogP contribution is -2.09. The molecule has 0 spiro atoms. The summed E-state index contributed by atoms with van der Waals surface area (Å²) >= 11 is 0. The fourth-order valence-corrected chi connectivity index (χ4v) is 3.75. The summed E-state index contributed by atoms with van der Waals surface area (Å²) in [5, 5.41) is 3.56. The van der Waals surface area contributed by atoms with Crippen LogP contribution in [0.2, 0.25) is 0 Å². The topological polar surface area (TPSA) is 34.1 Å². The molecule has 0 bridgehead atoms. The van der Waals surface area contributed by atoms with Gasteiger partial charge in [0.2, 0.25) is 5.88 Å². The number of aromatic nitrogens is 1. The van der Waals surface area contributed by atoms with Crippen LogP contribution in [0.15, 0.2) is 36.4 Å². The van der Waals surface area contributed by atoms with Gasteiger partial charge in [0.05, 0.1) is 12.8 Å². The normalized spacial score (nSPS) is 21.4. The number of anilines is 1. The van der Waals surface area contributed by atoms with Crippen molar-refractivity contribution in [1.82, 2.24) is 4.98 Å². The standard InChI is InChI=1S/C21H28N2O/c1-6-16-11-12-18(20(23-16)24-5)22-13-17-19(21(17,3)4)15-9-7-14(2)8-10-15/h7-12,17,19,22H,6,13H2,1-5H3. The third-order valence-electron chi connectivity index (χ3n) is 5.47. The van der Waals surface area contributed by atoms with E-state index in [2.05, 4.69) is 74.4 Å². The van der Waals surface area contributed by atoms with Crippen LogP contribution in [0, 0.1) is 18.3 Å². The van der Waals surface area contributed by atoms with Crippen molar-refractivity contribution in [3.05, 3.63) is 53.2 Å². The van der Waals surface area contributed by atoms with Crippen LogP contribution < -0.4 is 10.1 Å². The van der Waals surface area contributed by atoms with Gasteiger partial charge in [-0.2, -0.15) is 0 Å². The predicted octanol–water partition coefficient (Wildman–Crippen LogP) is 4.81. The summed E-state index contributed by atoms with van der Waals surface area (Å²) in [6.07, 6.45) is 0.918. The molecule has 2 aromatic rings. The third-order valence-corrected chi connectivity index (χ3v) is 5.47. The van der Waals surface area contributed by atoms with Crippen LogP contribution in [0.3, 0.4) is 0 Å². The molecule has 1 aliphatic carbocycles. The van der Waals surface area contributed by atoms with Gasteiger partial charge >= 0.3 is 0 Å². The molecule has 1 fully saturated rings. The monoisotopic (exact) mass is 324 g/mol. The Morgan fingerprint density at radius 2 is 1.83 bits per heavy atom. The first-order chi connectivity index (χ1) is 11.5. The van der Waals surface area contributed by atoms with Gasteiger partial charge in [0.1, 0.15) is 0 Å². The number of hydrogen-bond acceptors (Lipinski definition) is 3. The molecule has 3 rings (SSSR count). The smallest absolute Gasteiger partial charge is 0.237 e. The Balaban J connectivity index is 1.70. The minimum Gasteiger partial charge on any atom is -0.480 e. The number of nitrogens with zero attached hydrogens (tertiary/aromatic N) is 1. The number of rotatable bonds is 6. The minimum atomic E-state index is 0.326. The summed E-state index contributed by atoms with van der Waals surface area (Å²) in [5.74, 6) is 1.93. The third kappa shape index (κ3) is 3.12. The van der Waals surface area contributed by atoms with Gasteiger partial charge in [-0.25, -0.2) is 4.98 Å². The van der Waals surface area contributed by atoms with Gasteiger partial charge in [0.25, 0.3) is 0 Å².